The lowest BCUT2D eigenvalue weighted by molar-refractivity contribution is -0.115. The topological polar surface area (TPSA) is 55.1 Å². The monoisotopic (exact) mass is 384 g/mol. The first-order valence-electron chi connectivity index (χ1n) is 7.41. The van der Waals surface area contributed by atoms with Gasteiger partial charge in [0.2, 0.25) is 0 Å². The fourth-order valence-corrected chi connectivity index (χ4v) is 4.01. The molecule has 1 saturated heterocycles. The van der Waals surface area contributed by atoms with E-state index < -0.39 is 0 Å². The number of thioether (sulfide) groups is 2. The molecule has 0 radical (unpaired) electrons. The predicted octanol–water partition coefficient (Wildman–Crippen LogP) is 4.71. The molecule has 0 spiro atoms. The van der Waals surface area contributed by atoms with Gasteiger partial charge in [-0.05, 0) is 30.0 Å². The largest absolute Gasteiger partial charge is 0.456 e. The van der Waals surface area contributed by atoms with Crippen molar-refractivity contribution in [3.05, 3.63) is 53.4 Å². The van der Waals surface area contributed by atoms with Crippen molar-refractivity contribution in [3.8, 4) is 11.1 Å². The number of hydrogen-bond donors (Lipinski definition) is 1. The van der Waals surface area contributed by atoms with Gasteiger partial charge < -0.3 is 9.73 Å². The Balaban J connectivity index is 1.77. The zero-order valence-corrected chi connectivity index (χ0v) is 15.6. The maximum Gasteiger partial charge on any atom is 0.263 e. The number of nitrogens with one attached hydrogen (secondary N) is 1. The van der Waals surface area contributed by atoms with Crippen LogP contribution in [0.1, 0.15) is 5.76 Å². The molecule has 0 saturated carbocycles. The molecule has 3 aromatic rings. The van der Waals surface area contributed by atoms with Gasteiger partial charge in [-0.2, -0.15) is 0 Å². The summed E-state index contributed by atoms with van der Waals surface area (Å²) in [5.74, 6) is 0.411. The molecular formula is C18H12N2O2S3. The highest BCUT2D eigenvalue weighted by Crippen LogP contribution is 2.33. The van der Waals surface area contributed by atoms with Crippen molar-refractivity contribution < 1.29 is 9.21 Å². The summed E-state index contributed by atoms with van der Waals surface area (Å²) in [7, 11) is 0. The molecule has 1 fully saturated rings. The van der Waals surface area contributed by atoms with Crippen LogP contribution in [0.4, 0.5) is 0 Å². The quantitative estimate of drug-likeness (QED) is 0.401. The molecular weight excluding hydrogens is 372 g/mol. The number of amides is 1. The summed E-state index contributed by atoms with van der Waals surface area (Å²) in [4.78, 5) is 17.9. The first-order chi connectivity index (χ1) is 12.1. The number of hydrogen-bond acceptors (Lipinski definition) is 6. The number of carbonyl (C=O) groups excluding carboxylic acids is 1. The Morgan fingerprint density at radius 3 is 2.76 bits per heavy atom. The average Bonchev–Trinajstić information content (AvgIpc) is 3.17. The summed E-state index contributed by atoms with van der Waals surface area (Å²) in [5.41, 5.74) is 2.72. The lowest BCUT2D eigenvalue weighted by Gasteiger charge is -2.03. The second kappa shape index (κ2) is 6.67. The minimum atomic E-state index is -0.193. The lowest BCUT2D eigenvalue weighted by Crippen LogP contribution is -2.17. The Bertz CT molecular complexity index is 1020. The Labute approximate surface area is 158 Å². The Kier molecular flexibility index (Phi) is 4.37. The Morgan fingerprint density at radius 1 is 1.28 bits per heavy atom. The van der Waals surface area contributed by atoms with Crippen molar-refractivity contribution in [3.63, 3.8) is 0 Å². The highest BCUT2D eigenvalue weighted by Gasteiger charge is 2.22. The van der Waals surface area contributed by atoms with E-state index in [1.165, 1.54) is 16.7 Å². The van der Waals surface area contributed by atoms with Crippen molar-refractivity contribution in [2.75, 3.05) is 6.26 Å². The number of pyridine rings is 1. The van der Waals surface area contributed by atoms with Gasteiger partial charge in [-0.15, -0.1) is 11.8 Å². The zero-order valence-electron chi connectivity index (χ0n) is 13.1. The highest BCUT2D eigenvalue weighted by molar-refractivity contribution is 8.26. The molecule has 1 amide bonds. The van der Waals surface area contributed by atoms with E-state index in [4.69, 9.17) is 16.6 Å². The smallest absolute Gasteiger partial charge is 0.263 e. The van der Waals surface area contributed by atoms with Crippen LogP contribution in [0, 0.1) is 0 Å². The zero-order chi connectivity index (χ0) is 17.4. The second-order valence-electron chi connectivity index (χ2n) is 5.33. The van der Waals surface area contributed by atoms with Crippen molar-refractivity contribution in [2.45, 2.75) is 4.90 Å². The first kappa shape index (κ1) is 16.4. The fraction of sp³-hybridized carbons (Fsp3) is 0.0556. The molecule has 0 aliphatic carbocycles. The van der Waals surface area contributed by atoms with Gasteiger partial charge >= 0.3 is 0 Å². The summed E-state index contributed by atoms with van der Waals surface area (Å²) in [6.07, 6.45) is 7.31. The molecule has 1 N–H and O–H groups in total. The third-order valence-electron chi connectivity index (χ3n) is 3.76. The van der Waals surface area contributed by atoms with E-state index in [1.807, 2.05) is 12.3 Å². The van der Waals surface area contributed by atoms with E-state index in [0.717, 1.165) is 22.1 Å². The number of rotatable bonds is 3. The minimum absolute atomic E-state index is 0.193. The van der Waals surface area contributed by atoms with E-state index in [9.17, 15) is 4.79 Å². The average molecular weight is 385 g/mol. The number of fused-ring (bicyclic) bond motifs is 1. The SMILES string of the molecule is CSc1ccc(-c2cncc3cc(/C=C4/SC(=S)NC4=O)oc23)cc1. The first-order valence-corrected chi connectivity index (χ1v) is 9.86. The van der Waals surface area contributed by atoms with Crippen LogP contribution in [0.25, 0.3) is 28.2 Å². The summed E-state index contributed by atoms with van der Waals surface area (Å²) in [6.45, 7) is 0. The molecule has 1 aromatic carbocycles. The summed E-state index contributed by atoms with van der Waals surface area (Å²) < 4.78 is 6.46. The van der Waals surface area contributed by atoms with Crippen LogP contribution in [-0.2, 0) is 4.79 Å². The van der Waals surface area contributed by atoms with E-state index in [-0.39, 0.29) is 5.91 Å². The summed E-state index contributed by atoms with van der Waals surface area (Å²) in [6, 6.07) is 10.1. The highest BCUT2D eigenvalue weighted by atomic mass is 32.2. The number of furan rings is 1. The Morgan fingerprint density at radius 2 is 2.08 bits per heavy atom. The fourth-order valence-electron chi connectivity index (χ4n) is 2.58. The van der Waals surface area contributed by atoms with E-state index >= 15 is 0 Å². The van der Waals surface area contributed by atoms with Gasteiger partial charge in [0.1, 0.15) is 15.7 Å². The maximum absolute atomic E-state index is 11.8. The predicted molar refractivity (Wildman–Crippen MR) is 108 cm³/mol. The van der Waals surface area contributed by atoms with E-state index in [0.29, 0.717) is 15.0 Å². The number of aromatic nitrogens is 1. The Hall–Kier alpha value is -2.09. The standard InChI is InChI=1S/C18H12N2O2S3/c1-24-13-4-2-10(3-5-13)14-9-19-8-11-6-12(22-16(11)14)7-15-17(21)20-18(23)25-15/h2-9H,1H3,(H,20,21,23)/b15-7+. The molecule has 0 unspecified atom stereocenters. The number of benzene rings is 1. The van der Waals surface area contributed by atoms with Gasteiger partial charge in [-0.3, -0.25) is 9.78 Å². The van der Waals surface area contributed by atoms with Gasteiger partial charge in [0.25, 0.3) is 5.91 Å². The normalized spacial score (nSPS) is 16.0. The van der Waals surface area contributed by atoms with Crippen LogP contribution in [0.3, 0.4) is 0 Å². The molecule has 25 heavy (non-hydrogen) atoms. The number of carbonyl (C=O) groups is 1. The van der Waals surface area contributed by atoms with Crippen LogP contribution in [0.5, 0.6) is 0 Å². The van der Waals surface area contributed by atoms with Gasteiger partial charge in [0, 0.05) is 34.3 Å². The summed E-state index contributed by atoms with van der Waals surface area (Å²) >= 11 is 7.94. The van der Waals surface area contributed by atoms with Gasteiger partial charge in [-0.25, -0.2) is 0 Å². The van der Waals surface area contributed by atoms with Crippen LogP contribution < -0.4 is 5.32 Å². The third kappa shape index (κ3) is 3.22. The van der Waals surface area contributed by atoms with Crippen LogP contribution >= 0.6 is 35.7 Å². The maximum atomic E-state index is 11.8. The van der Waals surface area contributed by atoms with Gasteiger partial charge in [-0.1, -0.05) is 36.1 Å². The van der Waals surface area contributed by atoms with Gasteiger partial charge in [0.05, 0.1) is 4.91 Å². The molecule has 1 aliphatic rings. The lowest BCUT2D eigenvalue weighted by atomic mass is 10.1. The van der Waals surface area contributed by atoms with Crippen molar-refractivity contribution >= 4 is 63.0 Å². The molecule has 2 aromatic heterocycles. The third-order valence-corrected chi connectivity index (χ3v) is 5.66. The van der Waals surface area contributed by atoms with E-state index in [1.54, 1.807) is 30.2 Å². The van der Waals surface area contributed by atoms with Crippen LogP contribution in [0.15, 0.2) is 56.9 Å². The second-order valence-corrected chi connectivity index (χ2v) is 7.93. The summed E-state index contributed by atoms with van der Waals surface area (Å²) in [5, 5.41) is 3.49. The van der Waals surface area contributed by atoms with Gasteiger partial charge in [0.15, 0.2) is 0 Å². The molecule has 0 atom stereocenters. The molecule has 4 nitrogen and oxygen atoms in total. The molecule has 4 rings (SSSR count). The molecule has 1 aliphatic heterocycles. The number of thiocarbonyl (C=S) groups is 1. The number of nitrogens with zero attached hydrogens (tertiary/aromatic N) is 1. The molecule has 0 bridgehead atoms. The van der Waals surface area contributed by atoms with Crippen LogP contribution in [-0.4, -0.2) is 21.5 Å². The van der Waals surface area contributed by atoms with Crippen molar-refractivity contribution in [2.24, 2.45) is 0 Å². The molecule has 3 heterocycles. The van der Waals surface area contributed by atoms with E-state index in [2.05, 4.69) is 34.6 Å². The minimum Gasteiger partial charge on any atom is -0.456 e. The van der Waals surface area contributed by atoms with Crippen LogP contribution in [0.2, 0.25) is 0 Å². The van der Waals surface area contributed by atoms with Crippen molar-refractivity contribution in [1.29, 1.82) is 0 Å². The molecule has 124 valence electrons. The van der Waals surface area contributed by atoms with Crippen molar-refractivity contribution in [1.82, 2.24) is 10.3 Å². The molecule has 7 heteroatoms.